The van der Waals surface area contributed by atoms with Gasteiger partial charge < -0.3 is 15.4 Å². The third-order valence-electron chi connectivity index (χ3n) is 3.25. The van der Waals surface area contributed by atoms with Gasteiger partial charge in [0.15, 0.2) is 0 Å². The highest BCUT2D eigenvalue weighted by atomic mass is 16.5. The Kier molecular flexibility index (Phi) is 4.80. The quantitative estimate of drug-likeness (QED) is 0.738. The molecule has 19 heavy (non-hydrogen) atoms. The van der Waals surface area contributed by atoms with Gasteiger partial charge in [0, 0.05) is 12.6 Å². The average molecular weight is 262 g/mol. The minimum atomic E-state index is -0.0630. The van der Waals surface area contributed by atoms with Crippen LogP contribution in [0.5, 0.6) is 5.75 Å². The predicted molar refractivity (Wildman–Crippen MR) is 75.7 cm³/mol. The molecule has 4 nitrogen and oxygen atoms in total. The van der Waals surface area contributed by atoms with Crippen LogP contribution in [0.4, 0.5) is 0 Å². The zero-order valence-corrected chi connectivity index (χ0v) is 11.7. The van der Waals surface area contributed by atoms with Gasteiger partial charge in [-0.15, -0.1) is 0 Å². The number of benzene rings is 1. The van der Waals surface area contributed by atoms with Crippen LogP contribution in [0, 0.1) is 6.92 Å². The number of nitrogens with one attached hydrogen (secondary N) is 2. The molecule has 0 saturated heterocycles. The van der Waals surface area contributed by atoms with Crippen molar-refractivity contribution >= 4 is 5.91 Å². The van der Waals surface area contributed by atoms with E-state index in [0.29, 0.717) is 17.9 Å². The van der Waals surface area contributed by atoms with Crippen LogP contribution in [0.1, 0.15) is 35.2 Å². The Hall–Kier alpha value is -1.55. The van der Waals surface area contributed by atoms with Crippen LogP contribution in [-0.2, 0) is 0 Å². The van der Waals surface area contributed by atoms with E-state index in [1.165, 1.54) is 12.8 Å². The Morgan fingerprint density at radius 3 is 2.84 bits per heavy atom. The molecule has 1 amide bonds. The first-order valence-corrected chi connectivity index (χ1v) is 6.87. The minimum absolute atomic E-state index is 0.0630. The Morgan fingerprint density at radius 2 is 2.16 bits per heavy atom. The molecule has 104 valence electrons. The second-order valence-corrected chi connectivity index (χ2v) is 5.04. The molecule has 0 spiro atoms. The van der Waals surface area contributed by atoms with Gasteiger partial charge in [0.05, 0.1) is 12.7 Å². The topological polar surface area (TPSA) is 50.4 Å². The van der Waals surface area contributed by atoms with Crippen molar-refractivity contribution in [2.75, 3.05) is 20.2 Å². The zero-order valence-electron chi connectivity index (χ0n) is 11.7. The number of hydrogen-bond donors (Lipinski definition) is 2. The molecule has 1 aliphatic carbocycles. The van der Waals surface area contributed by atoms with Crippen LogP contribution in [0.2, 0.25) is 0 Å². The summed E-state index contributed by atoms with van der Waals surface area (Å²) in [4.78, 5) is 12.1. The number of carbonyl (C=O) groups is 1. The van der Waals surface area contributed by atoms with E-state index in [9.17, 15) is 4.79 Å². The van der Waals surface area contributed by atoms with E-state index >= 15 is 0 Å². The summed E-state index contributed by atoms with van der Waals surface area (Å²) in [6.45, 7) is 3.63. The zero-order chi connectivity index (χ0) is 13.7. The number of carbonyl (C=O) groups excluding carboxylic acids is 1. The van der Waals surface area contributed by atoms with E-state index in [4.69, 9.17) is 4.74 Å². The second kappa shape index (κ2) is 6.57. The van der Waals surface area contributed by atoms with Gasteiger partial charge in [0.1, 0.15) is 5.75 Å². The summed E-state index contributed by atoms with van der Waals surface area (Å²) in [5, 5.41) is 6.36. The van der Waals surface area contributed by atoms with Gasteiger partial charge in [-0.25, -0.2) is 0 Å². The standard InChI is InChI=1S/C15H22N2O2/c1-11-4-7-14(19-2)13(10-11)15(18)17-9-3-8-16-12-5-6-12/h4,7,10,12,16H,3,5-6,8-9H2,1-2H3,(H,17,18). The molecule has 1 aromatic rings. The summed E-state index contributed by atoms with van der Waals surface area (Å²) in [6, 6.07) is 6.36. The van der Waals surface area contributed by atoms with Gasteiger partial charge in [-0.05, 0) is 44.9 Å². The van der Waals surface area contributed by atoms with Gasteiger partial charge in [-0.3, -0.25) is 4.79 Å². The van der Waals surface area contributed by atoms with Gasteiger partial charge in [-0.2, -0.15) is 0 Å². The molecule has 1 saturated carbocycles. The monoisotopic (exact) mass is 262 g/mol. The smallest absolute Gasteiger partial charge is 0.255 e. The van der Waals surface area contributed by atoms with E-state index in [-0.39, 0.29) is 5.91 Å². The molecule has 0 radical (unpaired) electrons. The molecule has 2 N–H and O–H groups in total. The molecule has 1 aliphatic rings. The third-order valence-corrected chi connectivity index (χ3v) is 3.25. The molecule has 2 rings (SSSR count). The lowest BCUT2D eigenvalue weighted by atomic mass is 10.1. The second-order valence-electron chi connectivity index (χ2n) is 5.04. The van der Waals surface area contributed by atoms with E-state index in [1.807, 2.05) is 25.1 Å². The summed E-state index contributed by atoms with van der Waals surface area (Å²) in [7, 11) is 1.58. The average Bonchev–Trinajstić information content (AvgIpc) is 3.22. The van der Waals surface area contributed by atoms with Crippen molar-refractivity contribution in [3.63, 3.8) is 0 Å². The molecule has 0 atom stereocenters. The normalized spacial score (nSPS) is 14.2. The van der Waals surface area contributed by atoms with Crippen molar-refractivity contribution in [3.8, 4) is 5.75 Å². The first kappa shape index (κ1) is 13.9. The van der Waals surface area contributed by atoms with Crippen molar-refractivity contribution in [2.24, 2.45) is 0 Å². The molecule has 0 aromatic heterocycles. The fourth-order valence-electron chi connectivity index (χ4n) is 1.98. The number of hydrogen-bond acceptors (Lipinski definition) is 3. The summed E-state index contributed by atoms with van der Waals surface area (Å²) < 4.78 is 5.22. The minimum Gasteiger partial charge on any atom is -0.496 e. The fourth-order valence-corrected chi connectivity index (χ4v) is 1.98. The maximum atomic E-state index is 12.1. The number of aryl methyl sites for hydroxylation is 1. The van der Waals surface area contributed by atoms with Crippen LogP contribution in [0.15, 0.2) is 18.2 Å². The lowest BCUT2D eigenvalue weighted by Gasteiger charge is -2.10. The molecule has 0 heterocycles. The van der Waals surface area contributed by atoms with Crippen molar-refractivity contribution in [1.82, 2.24) is 10.6 Å². The summed E-state index contributed by atoms with van der Waals surface area (Å²) >= 11 is 0. The summed E-state index contributed by atoms with van der Waals surface area (Å²) in [5.74, 6) is 0.561. The summed E-state index contributed by atoms with van der Waals surface area (Å²) in [6.07, 6.45) is 3.55. The summed E-state index contributed by atoms with van der Waals surface area (Å²) in [5.41, 5.74) is 1.67. The molecule has 4 heteroatoms. The van der Waals surface area contributed by atoms with Crippen molar-refractivity contribution in [1.29, 1.82) is 0 Å². The van der Waals surface area contributed by atoms with Crippen LogP contribution in [0.3, 0.4) is 0 Å². The van der Waals surface area contributed by atoms with E-state index in [2.05, 4.69) is 10.6 Å². The Bertz CT molecular complexity index is 442. The Balaban J connectivity index is 1.79. The van der Waals surface area contributed by atoms with Crippen molar-refractivity contribution in [3.05, 3.63) is 29.3 Å². The highest BCUT2D eigenvalue weighted by Crippen LogP contribution is 2.19. The number of rotatable bonds is 7. The maximum Gasteiger partial charge on any atom is 0.255 e. The van der Waals surface area contributed by atoms with Crippen molar-refractivity contribution < 1.29 is 9.53 Å². The first-order valence-electron chi connectivity index (χ1n) is 6.87. The third kappa shape index (κ3) is 4.24. The Morgan fingerprint density at radius 1 is 1.37 bits per heavy atom. The lowest BCUT2D eigenvalue weighted by Crippen LogP contribution is -2.28. The van der Waals surface area contributed by atoms with Gasteiger partial charge in [0.2, 0.25) is 0 Å². The predicted octanol–water partition coefficient (Wildman–Crippen LogP) is 1.88. The first-order chi connectivity index (χ1) is 9.20. The van der Waals surface area contributed by atoms with E-state index < -0.39 is 0 Å². The van der Waals surface area contributed by atoms with E-state index in [1.54, 1.807) is 7.11 Å². The van der Waals surface area contributed by atoms with Crippen LogP contribution >= 0.6 is 0 Å². The molecule has 0 unspecified atom stereocenters. The molecule has 1 fully saturated rings. The van der Waals surface area contributed by atoms with E-state index in [0.717, 1.165) is 24.6 Å². The van der Waals surface area contributed by atoms with Crippen LogP contribution in [-0.4, -0.2) is 32.1 Å². The lowest BCUT2D eigenvalue weighted by molar-refractivity contribution is 0.0950. The number of methoxy groups -OCH3 is 1. The highest BCUT2D eigenvalue weighted by molar-refractivity contribution is 5.97. The maximum absolute atomic E-state index is 12.1. The molecular formula is C15H22N2O2. The number of ether oxygens (including phenoxy) is 1. The highest BCUT2D eigenvalue weighted by Gasteiger charge is 2.19. The van der Waals surface area contributed by atoms with Crippen molar-refractivity contribution in [2.45, 2.75) is 32.2 Å². The molecule has 0 bridgehead atoms. The van der Waals surface area contributed by atoms with Gasteiger partial charge in [0.25, 0.3) is 5.91 Å². The van der Waals surface area contributed by atoms with Gasteiger partial charge >= 0.3 is 0 Å². The fraction of sp³-hybridized carbons (Fsp3) is 0.533. The SMILES string of the molecule is COc1ccc(C)cc1C(=O)NCCCNC1CC1. The molecular weight excluding hydrogens is 240 g/mol. The van der Waals surface area contributed by atoms with Gasteiger partial charge in [-0.1, -0.05) is 11.6 Å². The van der Waals surface area contributed by atoms with Crippen LogP contribution in [0.25, 0.3) is 0 Å². The largest absolute Gasteiger partial charge is 0.496 e. The molecule has 0 aliphatic heterocycles. The van der Waals surface area contributed by atoms with Crippen LogP contribution < -0.4 is 15.4 Å². The molecule has 1 aromatic carbocycles. The Labute approximate surface area is 114 Å². The number of amides is 1.